The summed E-state index contributed by atoms with van der Waals surface area (Å²) in [4.78, 5) is 14.5. The van der Waals surface area contributed by atoms with Gasteiger partial charge >= 0.3 is 6.03 Å². The number of carbonyl (C=O) groups excluding carboxylic acids is 1. The molecule has 2 heterocycles. The van der Waals surface area contributed by atoms with E-state index in [2.05, 4.69) is 29.4 Å². The molecule has 0 aromatic carbocycles. The Hall–Kier alpha value is -1.53. The Morgan fingerprint density at radius 3 is 2.62 bits per heavy atom. The van der Waals surface area contributed by atoms with E-state index in [9.17, 15) is 9.90 Å². The lowest BCUT2D eigenvalue weighted by Crippen LogP contribution is -2.50. The van der Waals surface area contributed by atoms with E-state index in [4.69, 9.17) is 4.42 Å². The molecule has 24 heavy (non-hydrogen) atoms. The first-order valence-corrected chi connectivity index (χ1v) is 8.82. The van der Waals surface area contributed by atoms with Crippen molar-refractivity contribution in [2.75, 3.05) is 26.2 Å². The topological polar surface area (TPSA) is 77.7 Å². The standard InChI is InChI=1S/C18H31N3O3/c1-13(2)11-21-9-7-15(8-10-21)20-17(22)19-12-18(4,23)16-6-5-14(3)24-16/h5-6,13,15,23H,7-12H2,1-4H3,(H2,19,20,22). The van der Waals surface area contributed by atoms with Crippen LogP contribution in [0.4, 0.5) is 4.79 Å². The number of piperidine rings is 1. The van der Waals surface area contributed by atoms with Crippen molar-refractivity contribution in [3.63, 3.8) is 0 Å². The number of nitrogens with zero attached hydrogens (tertiary/aromatic N) is 1. The number of urea groups is 1. The quantitative estimate of drug-likeness (QED) is 0.744. The Balaban J connectivity index is 1.72. The zero-order valence-electron chi connectivity index (χ0n) is 15.3. The summed E-state index contributed by atoms with van der Waals surface area (Å²) in [5.41, 5.74) is -1.22. The van der Waals surface area contributed by atoms with E-state index in [0.29, 0.717) is 11.7 Å². The van der Waals surface area contributed by atoms with Crippen molar-refractivity contribution in [2.45, 2.75) is 52.2 Å². The zero-order valence-corrected chi connectivity index (χ0v) is 15.3. The van der Waals surface area contributed by atoms with Gasteiger partial charge in [-0.05, 0) is 44.7 Å². The van der Waals surface area contributed by atoms with Crippen LogP contribution in [0.25, 0.3) is 0 Å². The van der Waals surface area contributed by atoms with Crippen molar-refractivity contribution in [1.82, 2.24) is 15.5 Å². The summed E-state index contributed by atoms with van der Waals surface area (Å²) in [6, 6.07) is 3.50. The van der Waals surface area contributed by atoms with Crippen molar-refractivity contribution < 1.29 is 14.3 Å². The van der Waals surface area contributed by atoms with E-state index in [1.54, 1.807) is 19.1 Å². The van der Waals surface area contributed by atoms with Crippen LogP contribution < -0.4 is 10.6 Å². The third-order valence-electron chi connectivity index (χ3n) is 4.41. The van der Waals surface area contributed by atoms with Gasteiger partial charge in [-0.1, -0.05) is 13.8 Å². The van der Waals surface area contributed by atoms with Gasteiger partial charge in [0.05, 0.1) is 6.54 Å². The Kier molecular flexibility index (Phi) is 6.29. The van der Waals surface area contributed by atoms with Crippen molar-refractivity contribution >= 4 is 6.03 Å². The molecule has 0 saturated carbocycles. The maximum atomic E-state index is 12.1. The van der Waals surface area contributed by atoms with Crippen molar-refractivity contribution in [1.29, 1.82) is 0 Å². The molecule has 1 fully saturated rings. The van der Waals surface area contributed by atoms with Gasteiger partial charge < -0.3 is 25.1 Å². The second-order valence-electron chi connectivity index (χ2n) is 7.48. The first kappa shape index (κ1) is 18.8. The number of furan rings is 1. The lowest BCUT2D eigenvalue weighted by atomic mass is 10.0. The minimum Gasteiger partial charge on any atom is -0.463 e. The Bertz CT molecular complexity index is 531. The normalized spacial score (nSPS) is 19.2. The number of hydrogen-bond acceptors (Lipinski definition) is 4. The maximum Gasteiger partial charge on any atom is 0.315 e. The zero-order chi connectivity index (χ0) is 17.7. The van der Waals surface area contributed by atoms with Crippen LogP contribution in [0, 0.1) is 12.8 Å². The number of amides is 2. The van der Waals surface area contributed by atoms with Crippen LogP contribution in [0.2, 0.25) is 0 Å². The molecular formula is C18H31N3O3. The minimum atomic E-state index is -1.22. The fourth-order valence-electron chi connectivity index (χ4n) is 3.08. The highest BCUT2D eigenvalue weighted by Crippen LogP contribution is 2.21. The monoisotopic (exact) mass is 337 g/mol. The number of aryl methyl sites for hydroxylation is 1. The summed E-state index contributed by atoms with van der Waals surface area (Å²) < 4.78 is 5.45. The van der Waals surface area contributed by atoms with Crippen LogP contribution in [0.1, 0.15) is 45.1 Å². The number of nitrogens with one attached hydrogen (secondary N) is 2. The van der Waals surface area contributed by atoms with Gasteiger partial charge in [0.25, 0.3) is 0 Å². The van der Waals surface area contributed by atoms with Crippen LogP contribution in [-0.2, 0) is 5.60 Å². The summed E-state index contributed by atoms with van der Waals surface area (Å²) >= 11 is 0. The van der Waals surface area contributed by atoms with Gasteiger partial charge in [0.2, 0.25) is 0 Å². The first-order valence-electron chi connectivity index (χ1n) is 8.82. The summed E-state index contributed by atoms with van der Waals surface area (Å²) in [7, 11) is 0. The van der Waals surface area contributed by atoms with Gasteiger partial charge in [0.15, 0.2) is 0 Å². The van der Waals surface area contributed by atoms with Gasteiger partial charge in [-0.2, -0.15) is 0 Å². The molecular weight excluding hydrogens is 306 g/mol. The van der Waals surface area contributed by atoms with Crippen molar-refractivity contribution in [3.8, 4) is 0 Å². The van der Waals surface area contributed by atoms with Crippen molar-refractivity contribution in [2.24, 2.45) is 5.92 Å². The molecule has 1 saturated heterocycles. The molecule has 0 bridgehead atoms. The SMILES string of the molecule is Cc1ccc(C(C)(O)CNC(=O)NC2CCN(CC(C)C)CC2)o1. The minimum absolute atomic E-state index is 0.109. The highest BCUT2D eigenvalue weighted by Gasteiger charge is 2.28. The van der Waals surface area contributed by atoms with Gasteiger partial charge in [-0.3, -0.25) is 0 Å². The summed E-state index contributed by atoms with van der Waals surface area (Å²) in [5, 5.41) is 16.2. The lowest BCUT2D eigenvalue weighted by molar-refractivity contribution is 0.0358. The summed E-state index contributed by atoms with van der Waals surface area (Å²) in [5.74, 6) is 1.87. The maximum absolute atomic E-state index is 12.1. The second kappa shape index (κ2) is 8.03. The number of likely N-dealkylation sites (tertiary alicyclic amines) is 1. The molecule has 1 atom stereocenters. The van der Waals surface area contributed by atoms with E-state index >= 15 is 0 Å². The molecule has 2 amide bonds. The van der Waals surface area contributed by atoms with Gasteiger partial charge in [0.1, 0.15) is 17.1 Å². The average Bonchev–Trinajstić information content (AvgIpc) is 2.94. The molecule has 6 heteroatoms. The van der Waals surface area contributed by atoms with Crippen LogP contribution >= 0.6 is 0 Å². The largest absolute Gasteiger partial charge is 0.463 e. The number of rotatable bonds is 6. The molecule has 1 unspecified atom stereocenters. The highest BCUT2D eigenvalue weighted by atomic mass is 16.4. The molecule has 2 rings (SSSR count). The van der Waals surface area contributed by atoms with Crippen LogP contribution in [0.15, 0.2) is 16.5 Å². The first-order chi connectivity index (χ1) is 11.3. The Morgan fingerprint density at radius 1 is 1.42 bits per heavy atom. The van der Waals surface area contributed by atoms with Crippen LogP contribution in [0.5, 0.6) is 0 Å². The molecule has 0 radical (unpaired) electrons. The van der Waals surface area contributed by atoms with Crippen LogP contribution in [0.3, 0.4) is 0 Å². The lowest BCUT2D eigenvalue weighted by Gasteiger charge is -2.33. The summed E-state index contributed by atoms with van der Waals surface area (Å²) in [6.45, 7) is 11.2. The fourth-order valence-corrected chi connectivity index (χ4v) is 3.08. The third-order valence-corrected chi connectivity index (χ3v) is 4.41. The van der Waals surface area contributed by atoms with Gasteiger partial charge in [0, 0.05) is 25.7 Å². The average molecular weight is 337 g/mol. The molecule has 0 aliphatic carbocycles. The predicted molar refractivity (Wildman–Crippen MR) is 93.9 cm³/mol. The number of aliphatic hydroxyl groups is 1. The van der Waals surface area contributed by atoms with Gasteiger partial charge in [-0.15, -0.1) is 0 Å². The van der Waals surface area contributed by atoms with E-state index in [1.165, 1.54) is 0 Å². The highest BCUT2D eigenvalue weighted by molar-refractivity contribution is 5.74. The third kappa shape index (κ3) is 5.53. The van der Waals surface area contributed by atoms with E-state index in [0.717, 1.165) is 38.2 Å². The molecule has 3 N–H and O–H groups in total. The summed E-state index contributed by atoms with van der Waals surface area (Å²) in [6.07, 6.45) is 1.93. The Labute approximate surface area is 144 Å². The molecule has 136 valence electrons. The fraction of sp³-hybridized carbons (Fsp3) is 0.722. The van der Waals surface area contributed by atoms with E-state index in [1.807, 2.05) is 6.92 Å². The predicted octanol–water partition coefficient (Wildman–Crippen LogP) is 2.22. The second-order valence-corrected chi connectivity index (χ2v) is 7.48. The van der Waals surface area contributed by atoms with Crippen LogP contribution in [-0.4, -0.2) is 48.3 Å². The molecule has 6 nitrogen and oxygen atoms in total. The van der Waals surface area contributed by atoms with E-state index < -0.39 is 5.60 Å². The Morgan fingerprint density at radius 2 is 2.08 bits per heavy atom. The molecule has 1 aliphatic rings. The molecule has 1 aromatic heterocycles. The smallest absolute Gasteiger partial charge is 0.315 e. The molecule has 0 spiro atoms. The van der Waals surface area contributed by atoms with E-state index in [-0.39, 0.29) is 18.6 Å². The van der Waals surface area contributed by atoms with Gasteiger partial charge in [-0.25, -0.2) is 4.79 Å². The molecule has 1 aliphatic heterocycles. The number of carbonyl (C=O) groups is 1. The van der Waals surface area contributed by atoms with Crippen molar-refractivity contribution in [3.05, 3.63) is 23.7 Å². The molecule has 1 aromatic rings. The number of hydrogen-bond donors (Lipinski definition) is 3.